The van der Waals surface area contributed by atoms with Gasteiger partial charge in [-0.3, -0.25) is 4.68 Å². The zero-order valence-corrected chi connectivity index (χ0v) is 13.7. The van der Waals surface area contributed by atoms with Gasteiger partial charge in [0.1, 0.15) is 5.69 Å². The van der Waals surface area contributed by atoms with Crippen molar-refractivity contribution in [2.75, 3.05) is 0 Å². The average molecular weight is 329 g/mol. The van der Waals surface area contributed by atoms with Gasteiger partial charge in [0.2, 0.25) is 0 Å². The highest BCUT2D eigenvalue weighted by atomic mass is 19.1. The van der Waals surface area contributed by atoms with E-state index in [1.165, 1.54) is 0 Å². The van der Waals surface area contributed by atoms with E-state index < -0.39 is 0 Å². The number of nitrogens with zero attached hydrogens (tertiary/aromatic N) is 3. The first-order chi connectivity index (χ1) is 12.2. The van der Waals surface area contributed by atoms with Gasteiger partial charge in [0, 0.05) is 24.4 Å². The minimum atomic E-state index is -0.352. The zero-order valence-electron chi connectivity index (χ0n) is 13.7. The maximum absolute atomic E-state index is 14.9. The van der Waals surface area contributed by atoms with E-state index in [0.717, 1.165) is 16.8 Å². The summed E-state index contributed by atoms with van der Waals surface area (Å²) in [6, 6.07) is 23.1. The van der Waals surface area contributed by atoms with E-state index in [-0.39, 0.29) is 5.82 Å². The molecular formula is C21H16FN3. The summed E-state index contributed by atoms with van der Waals surface area (Å²) in [5.41, 5.74) is 3.56. The van der Waals surface area contributed by atoms with Gasteiger partial charge in [-0.2, -0.15) is 5.10 Å². The number of fused-ring (bicyclic) bond motifs is 1. The highest BCUT2D eigenvalue weighted by molar-refractivity contribution is 6.14. The van der Waals surface area contributed by atoms with E-state index in [9.17, 15) is 4.39 Å². The monoisotopic (exact) mass is 329 g/mol. The first-order valence-corrected chi connectivity index (χ1v) is 8.04. The van der Waals surface area contributed by atoms with Crippen LogP contribution in [0.2, 0.25) is 0 Å². The van der Waals surface area contributed by atoms with Gasteiger partial charge in [0.05, 0.1) is 16.6 Å². The Morgan fingerprint density at radius 2 is 1.48 bits per heavy atom. The summed E-state index contributed by atoms with van der Waals surface area (Å²) >= 11 is 0. The topological polar surface area (TPSA) is 30.2 Å². The molecule has 1 heterocycles. The second kappa shape index (κ2) is 6.32. The van der Waals surface area contributed by atoms with Crippen LogP contribution in [-0.2, 0) is 7.05 Å². The highest BCUT2D eigenvalue weighted by Crippen LogP contribution is 2.27. The molecule has 0 aliphatic rings. The highest BCUT2D eigenvalue weighted by Gasteiger charge is 2.12. The molecule has 0 radical (unpaired) electrons. The van der Waals surface area contributed by atoms with Crippen molar-refractivity contribution in [1.29, 1.82) is 0 Å². The molecule has 0 saturated carbocycles. The summed E-state index contributed by atoms with van der Waals surface area (Å²) in [5.74, 6) is -0.352. The molecule has 0 atom stereocenters. The molecule has 0 bridgehead atoms. The predicted octanol–water partition coefficient (Wildman–Crippen LogP) is 4.88. The van der Waals surface area contributed by atoms with Crippen LogP contribution in [0.15, 0.2) is 84.0 Å². The third-order valence-electron chi connectivity index (χ3n) is 4.04. The van der Waals surface area contributed by atoms with E-state index in [0.29, 0.717) is 16.6 Å². The molecule has 0 aliphatic heterocycles. The molecule has 0 fully saturated rings. The molecule has 4 rings (SSSR count). The Bertz CT molecular complexity index is 1010. The van der Waals surface area contributed by atoms with E-state index >= 15 is 0 Å². The predicted molar refractivity (Wildman–Crippen MR) is 98.9 cm³/mol. The summed E-state index contributed by atoms with van der Waals surface area (Å²) in [6.07, 6.45) is 1.67. The first-order valence-electron chi connectivity index (χ1n) is 8.04. The lowest BCUT2D eigenvalue weighted by atomic mass is 10.0. The Morgan fingerprint density at radius 1 is 0.880 bits per heavy atom. The van der Waals surface area contributed by atoms with Gasteiger partial charge in [-0.25, -0.2) is 9.38 Å². The fraction of sp³-hybridized carbons (Fsp3) is 0.0476. The van der Waals surface area contributed by atoms with Gasteiger partial charge in [0.25, 0.3) is 0 Å². The largest absolute Gasteiger partial charge is 0.274 e. The molecule has 0 amide bonds. The molecular weight excluding hydrogens is 313 g/mol. The SMILES string of the molecule is Cn1cc2c(F)c(N=C(c3ccccc3)c3ccccc3)ccc2n1. The quantitative estimate of drug-likeness (QED) is 0.493. The Hall–Kier alpha value is -3.27. The number of aryl methyl sites for hydroxylation is 1. The number of aliphatic imine (C=N–C) groups is 1. The zero-order chi connectivity index (χ0) is 17.2. The van der Waals surface area contributed by atoms with Crippen molar-refractivity contribution >= 4 is 22.3 Å². The minimum absolute atomic E-state index is 0.309. The summed E-state index contributed by atoms with van der Waals surface area (Å²) < 4.78 is 16.5. The van der Waals surface area contributed by atoms with Crippen molar-refractivity contribution in [3.63, 3.8) is 0 Å². The second-order valence-corrected chi connectivity index (χ2v) is 5.83. The molecule has 0 aliphatic carbocycles. The molecule has 0 spiro atoms. The maximum atomic E-state index is 14.9. The van der Waals surface area contributed by atoms with Crippen molar-refractivity contribution in [2.45, 2.75) is 0 Å². The van der Waals surface area contributed by atoms with Crippen LogP contribution in [0.3, 0.4) is 0 Å². The molecule has 122 valence electrons. The van der Waals surface area contributed by atoms with Crippen LogP contribution >= 0.6 is 0 Å². The normalized spacial score (nSPS) is 10.8. The molecule has 4 heteroatoms. The van der Waals surface area contributed by atoms with E-state index in [2.05, 4.69) is 10.1 Å². The summed E-state index contributed by atoms with van der Waals surface area (Å²) in [4.78, 5) is 4.66. The third kappa shape index (κ3) is 2.94. The van der Waals surface area contributed by atoms with Gasteiger partial charge in [-0.1, -0.05) is 60.7 Å². The fourth-order valence-electron chi connectivity index (χ4n) is 2.86. The van der Waals surface area contributed by atoms with Crippen molar-refractivity contribution < 1.29 is 4.39 Å². The average Bonchev–Trinajstić information content (AvgIpc) is 3.04. The molecule has 0 unspecified atom stereocenters. The van der Waals surface area contributed by atoms with Crippen LogP contribution in [0.1, 0.15) is 11.1 Å². The van der Waals surface area contributed by atoms with Gasteiger partial charge < -0.3 is 0 Å². The van der Waals surface area contributed by atoms with Crippen LogP contribution in [0.4, 0.5) is 10.1 Å². The third-order valence-corrected chi connectivity index (χ3v) is 4.04. The molecule has 0 saturated heterocycles. The van der Waals surface area contributed by atoms with E-state index in [1.807, 2.05) is 60.7 Å². The van der Waals surface area contributed by atoms with Crippen LogP contribution in [0.5, 0.6) is 0 Å². The van der Waals surface area contributed by atoms with E-state index in [4.69, 9.17) is 0 Å². The Kier molecular flexibility index (Phi) is 3.86. The van der Waals surface area contributed by atoms with Crippen LogP contribution < -0.4 is 0 Å². The smallest absolute Gasteiger partial charge is 0.159 e. The van der Waals surface area contributed by atoms with E-state index in [1.54, 1.807) is 30.1 Å². The lowest BCUT2D eigenvalue weighted by molar-refractivity contribution is 0.641. The number of halogens is 1. The lowest BCUT2D eigenvalue weighted by Gasteiger charge is -2.08. The standard InChI is InChI=1S/C21H16FN3/c1-25-14-17-18(24-25)12-13-19(20(17)22)23-21(15-8-4-2-5-9-15)16-10-6-3-7-11-16/h2-14H,1H3. The molecule has 0 N–H and O–H groups in total. The van der Waals surface area contributed by atoms with Crippen LogP contribution in [-0.4, -0.2) is 15.5 Å². The van der Waals surface area contributed by atoms with Crippen molar-refractivity contribution in [3.8, 4) is 0 Å². The van der Waals surface area contributed by atoms with Gasteiger partial charge in [-0.15, -0.1) is 0 Å². The molecule has 3 aromatic carbocycles. The molecule has 3 nitrogen and oxygen atoms in total. The number of rotatable bonds is 3. The fourth-order valence-corrected chi connectivity index (χ4v) is 2.86. The molecule has 25 heavy (non-hydrogen) atoms. The number of hydrogen-bond donors (Lipinski definition) is 0. The van der Waals surface area contributed by atoms with Gasteiger partial charge in [0.15, 0.2) is 5.82 Å². The van der Waals surface area contributed by atoms with Gasteiger partial charge >= 0.3 is 0 Å². The Balaban J connectivity index is 1.92. The van der Waals surface area contributed by atoms with Gasteiger partial charge in [-0.05, 0) is 12.1 Å². The Morgan fingerprint density at radius 3 is 2.08 bits per heavy atom. The van der Waals surface area contributed by atoms with Crippen molar-refractivity contribution in [2.24, 2.45) is 12.0 Å². The first kappa shape index (κ1) is 15.3. The number of hydrogen-bond acceptors (Lipinski definition) is 2. The number of benzene rings is 3. The molecule has 1 aromatic heterocycles. The molecule has 4 aromatic rings. The van der Waals surface area contributed by atoms with Crippen LogP contribution in [0.25, 0.3) is 10.9 Å². The summed E-state index contributed by atoms with van der Waals surface area (Å²) in [6.45, 7) is 0. The Labute approximate surface area is 145 Å². The second-order valence-electron chi connectivity index (χ2n) is 5.83. The summed E-state index contributed by atoms with van der Waals surface area (Å²) in [7, 11) is 1.78. The van der Waals surface area contributed by atoms with Crippen LogP contribution in [0, 0.1) is 5.82 Å². The summed E-state index contributed by atoms with van der Waals surface area (Å²) in [5, 5.41) is 4.71. The maximum Gasteiger partial charge on any atom is 0.159 e. The minimum Gasteiger partial charge on any atom is -0.274 e. The van der Waals surface area contributed by atoms with Crippen molar-refractivity contribution in [1.82, 2.24) is 9.78 Å². The lowest BCUT2D eigenvalue weighted by Crippen LogP contribution is -2.02. The van der Waals surface area contributed by atoms with Crippen molar-refractivity contribution in [3.05, 3.63) is 95.9 Å². The number of aromatic nitrogens is 2.